The third kappa shape index (κ3) is 2.48. The minimum absolute atomic E-state index is 0.0286. The van der Waals surface area contributed by atoms with Crippen LogP contribution in [0.5, 0.6) is 5.75 Å². The zero-order valence-corrected chi connectivity index (χ0v) is 7.25. The van der Waals surface area contributed by atoms with Crippen LogP contribution < -0.4 is 4.74 Å². The van der Waals surface area contributed by atoms with E-state index in [1.54, 1.807) is 12.1 Å². The van der Waals surface area contributed by atoms with Crippen LogP contribution in [0.3, 0.4) is 0 Å². The van der Waals surface area contributed by atoms with E-state index >= 15 is 0 Å². The summed E-state index contributed by atoms with van der Waals surface area (Å²) in [7, 11) is 0. The van der Waals surface area contributed by atoms with Crippen molar-refractivity contribution in [1.82, 2.24) is 0 Å². The number of benzene rings is 1. The molecule has 1 aromatic rings. The first kappa shape index (κ1) is 10.0. The van der Waals surface area contributed by atoms with Crippen LogP contribution >= 0.6 is 0 Å². The zero-order chi connectivity index (χ0) is 10.4. The third-order valence-corrected chi connectivity index (χ3v) is 1.51. The molecule has 5 heteroatoms. The van der Waals surface area contributed by atoms with E-state index in [0.29, 0.717) is 0 Å². The van der Waals surface area contributed by atoms with Crippen molar-refractivity contribution in [2.24, 2.45) is 5.16 Å². The first-order valence-corrected chi connectivity index (χ1v) is 3.86. The van der Waals surface area contributed by atoms with Crippen LogP contribution in [0.1, 0.15) is 10.4 Å². The van der Waals surface area contributed by atoms with Gasteiger partial charge in [0.25, 0.3) is 0 Å². The van der Waals surface area contributed by atoms with Crippen LogP contribution in [0.15, 0.2) is 29.4 Å². The normalized spacial score (nSPS) is 10.3. The second-order valence-corrected chi connectivity index (χ2v) is 2.41. The second-order valence-electron chi connectivity index (χ2n) is 2.41. The molecule has 0 unspecified atom stereocenters. The number of oxime groups is 1. The molecule has 0 amide bonds. The van der Waals surface area contributed by atoms with Crippen molar-refractivity contribution in [3.63, 3.8) is 0 Å². The third-order valence-electron chi connectivity index (χ3n) is 1.51. The summed E-state index contributed by atoms with van der Waals surface area (Å²) in [4.78, 5) is 10.7. The topological polar surface area (TPSA) is 79.1 Å². The summed E-state index contributed by atoms with van der Waals surface area (Å²) in [6.45, 7) is 0.0286. The standard InChI is InChI=1S/C9H9NO4/c11-9(12)7-3-1-2-4-8(7)14-6-5-10-13/h1-5,13H,6H2,(H,11,12). The Morgan fingerprint density at radius 1 is 1.50 bits per heavy atom. The first-order chi connectivity index (χ1) is 6.75. The van der Waals surface area contributed by atoms with Gasteiger partial charge in [0, 0.05) is 0 Å². The molecule has 0 aliphatic carbocycles. The van der Waals surface area contributed by atoms with Crippen LogP contribution in [0.4, 0.5) is 0 Å². The summed E-state index contributed by atoms with van der Waals surface area (Å²) in [5, 5.41) is 19.6. The fraction of sp³-hybridized carbons (Fsp3) is 0.111. The van der Waals surface area contributed by atoms with Crippen molar-refractivity contribution in [1.29, 1.82) is 0 Å². The largest absolute Gasteiger partial charge is 0.487 e. The van der Waals surface area contributed by atoms with Gasteiger partial charge in [-0.2, -0.15) is 0 Å². The van der Waals surface area contributed by atoms with Crippen molar-refractivity contribution in [2.45, 2.75) is 0 Å². The maximum atomic E-state index is 10.7. The predicted molar refractivity (Wildman–Crippen MR) is 49.2 cm³/mol. The number of hydrogen-bond acceptors (Lipinski definition) is 4. The molecule has 0 aliphatic heterocycles. The summed E-state index contributed by atoms with van der Waals surface area (Å²) in [6, 6.07) is 6.25. The number of aromatic carboxylic acids is 1. The van der Waals surface area contributed by atoms with Gasteiger partial charge in [-0.05, 0) is 12.1 Å². The van der Waals surface area contributed by atoms with Crippen LogP contribution in [0, 0.1) is 0 Å². The molecular weight excluding hydrogens is 186 g/mol. The summed E-state index contributed by atoms with van der Waals surface area (Å²) in [5.41, 5.74) is 0.0823. The van der Waals surface area contributed by atoms with E-state index in [2.05, 4.69) is 5.16 Å². The number of carboxylic acid groups (broad SMARTS) is 1. The maximum Gasteiger partial charge on any atom is 0.339 e. The van der Waals surface area contributed by atoms with Crippen LogP contribution in [-0.2, 0) is 0 Å². The molecule has 0 aliphatic rings. The Bertz CT molecular complexity index is 348. The van der Waals surface area contributed by atoms with Crippen molar-refractivity contribution in [3.8, 4) is 5.75 Å². The van der Waals surface area contributed by atoms with Crippen molar-refractivity contribution in [3.05, 3.63) is 29.8 Å². The molecule has 0 heterocycles. The van der Waals surface area contributed by atoms with Gasteiger partial charge < -0.3 is 15.1 Å². The minimum atomic E-state index is -1.05. The Kier molecular flexibility index (Phi) is 3.49. The van der Waals surface area contributed by atoms with E-state index in [9.17, 15) is 4.79 Å². The zero-order valence-electron chi connectivity index (χ0n) is 7.25. The highest BCUT2D eigenvalue weighted by Gasteiger charge is 2.08. The Balaban J connectivity index is 2.79. The molecule has 0 saturated heterocycles. The molecule has 74 valence electrons. The average Bonchev–Trinajstić information content (AvgIpc) is 2.19. The lowest BCUT2D eigenvalue weighted by Crippen LogP contribution is -2.04. The smallest absolute Gasteiger partial charge is 0.339 e. The molecule has 14 heavy (non-hydrogen) atoms. The summed E-state index contributed by atoms with van der Waals surface area (Å²) < 4.78 is 5.05. The average molecular weight is 195 g/mol. The molecule has 0 aromatic heterocycles. The lowest BCUT2D eigenvalue weighted by molar-refractivity contribution is 0.0693. The number of ether oxygens (including phenoxy) is 1. The van der Waals surface area contributed by atoms with Gasteiger partial charge in [-0.25, -0.2) is 4.79 Å². The van der Waals surface area contributed by atoms with Crippen LogP contribution in [0.25, 0.3) is 0 Å². The van der Waals surface area contributed by atoms with Gasteiger partial charge in [0.1, 0.15) is 17.9 Å². The van der Waals surface area contributed by atoms with Gasteiger partial charge in [0.15, 0.2) is 0 Å². The quantitative estimate of drug-likeness (QED) is 0.430. The maximum absolute atomic E-state index is 10.7. The SMILES string of the molecule is O=C(O)c1ccccc1OCC=NO. The molecule has 0 radical (unpaired) electrons. The van der Waals surface area contributed by atoms with Gasteiger partial charge in [-0.1, -0.05) is 17.3 Å². The lowest BCUT2D eigenvalue weighted by Gasteiger charge is -2.05. The van der Waals surface area contributed by atoms with Crippen molar-refractivity contribution in [2.75, 3.05) is 6.61 Å². The number of hydrogen-bond donors (Lipinski definition) is 2. The number of carboxylic acids is 1. The molecule has 0 atom stereocenters. The Morgan fingerprint density at radius 2 is 2.21 bits per heavy atom. The van der Waals surface area contributed by atoms with E-state index in [-0.39, 0.29) is 17.9 Å². The summed E-state index contributed by atoms with van der Waals surface area (Å²) in [6.07, 6.45) is 1.12. The van der Waals surface area contributed by atoms with Crippen LogP contribution in [-0.4, -0.2) is 29.1 Å². The Hall–Kier alpha value is -2.04. The highest BCUT2D eigenvalue weighted by Crippen LogP contribution is 2.17. The molecule has 1 rings (SSSR count). The minimum Gasteiger partial charge on any atom is -0.487 e. The summed E-state index contributed by atoms with van der Waals surface area (Å²) >= 11 is 0. The van der Waals surface area contributed by atoms with Crippen molar-refractivity contribution >= 4 is 12.2 Å². The summed E-state index contributed by atoms with van der Waals surface area (Å²) in [5.74, 6) is -0.804. The van der Waals surface area contributed by atoms with Gasteiger partial charge in [0.2, 0.25) is 0 Å². The second kappa shape index (κ2) is 4.86. The van der Waals surface area contributed by atoms with Gasteiger partial charge in [0.05, 0.1) is 6.21 Å². The van der Waals surface area contributed by atoms with E-state index in [4.69, 9.17) is 15.1 Å². The van der Waals surface area contributed by atoms with Gasteiger partial charge >= 0.3 is 5.97 Å². The van der Waals surface area contributed by atoms with E-state index in [1.807, 2.05) is 0 Å². The number of para-hydroxylation sites is 1. The highest BCUT2D eigenvalue weighted by molar-refractivity contribution is 5.90. The predicted octanol–water partition coefficient (Wildman–Crippen LogP) is 1.22. The number of rotatable bonds is 4. The van der Waals surface area contributed by atoms with Gasteiger partial charge in [-0.15, -0.1) is 0 Å². The molecule has 0 fully saturated rings. The fourth-order valence-corrected chi connectivity index (χ4v) is 0.930. The first-order valence-electron chi connectivity index (χ1n) is 3.86. The molecular formula is C9H9NO4. The van der Waals surface area contributed by atoms with E-state index < -0.39 is 5.97 Å². The highest BCUT2D eigenvalue weighted by atomic mass is 16.5. The Morgan fingerprint density at radius 3 is 2.86 bits per heavy atom. The van der Waals surface area contributed by atoms with Gasteiger partial charge in [-0.3, -0.25) is 0 Å². The van der Waals surface area contributed by atoms with Crippen molar-refractivity contribution < 1.29 is 19.8 Å². The van der Waals surface area contributed by atoms with E-state index in [1.165, 1.54) is 12.1 Å². The molecule has 0 saturated carbocycles. The molecule has 0 spiro atoms. The van der Waals surface area contributed by atoms with Crippen LogP contribution in [0.2, 0.25) is 0 Å². The Labute approximate surface area is 80.2 Å². The molecule has 5 nitrogen and oxygen atoms in total. The fourth-order valence-electron chi connectivity index (χ4n) is 0.930. The lowest BCUT2D eigenvalue weighted by atomic mass is 10.2. The monoisotopic (exact) mass is 195 g/mol. The molecule has 0 bridgehead atoms. The van der Waals surface area contributed by atoms with E-state index in [0.717, 1.165) is 6.21 Å². The molecule has 2 N–H and O–H groups in total. The number of carbonyl (C=O) groups is 1. The number of nitrogens with zero attached hydrogens (tertiary/aromatic N) is 1. The molecule has 1 aromatic carbocycles.